The number of nitrogens with one attached hydrogen (secondary N) is 1. The molecule has 0 rings (SSSR count). The van der Waals surface area contributed by atoms with E-state index in [1.54, 1.807) is 13.8 Å². The first-order valence-electron chi connectivity index (χ1n) is 7.94. The van der Waals surface area contributed by atoms with Crippen molar-refractivity contribution in [2.45, 2.75) is 71.6 Å². The van der Waals surface area contributed by atoms with Gasteiger partial charge in [0.1, 0.15) is 5.78 Å². The molecule has 0 aliphatic heterocycles. The summed E-state index contributed by atoms with van der Waals surface area (Å²) >= 11 is 0. The van der Waals surface area contributed by atoms with Gasteiger partial charge in [-0.05, 0) is 32.6 Å². The van der Waals surface area contributed by atoms with Gasteiger partial charge in [-0.1, -0.05) is 25.7 Å². The van der Waals surface area contributed by atoms with E-state index in [4.69, 9.17) is 4.74 Å². The fourth-order valence-corrected chi connectivity index (χ4v) is 1.98. The van der Waals surface area contributed by atoms with E-state index in [1.807, 2.05) is 0 Å². The third-order valence-electron chi connectivity index (χ3n) is 3.16. The van der Waals surface area contributed by atoms with Crippen molar-refractivity contribution in [2.75, 3.05) is 19.8 Å². The van der Waals surface area contributed by atoms with E-state index in [0.29, 0.717) is 6.42 Å². The molecular formula is C16H31NO3. The van der Waals surface area contributed by atoms with Crippen molar-refractivity contribution in [3.05, 3.63) is 0 Å². The third-order valence-corrected chi connectivity index (χ3v) is 3.16. The second kappa shape index (κ2) is 14.5. The van der Waals surface area contributed by atoms with E-state index < -0.39 is 0 Å². The highest BCUT2D eigenvalue weighted by Crippen LogP contribution is 2.04. The Morgan fingerprint density at radius 2 is 1.35 bits per heavy atom. The molecule has 0 fully saturated rings. The molecule has 0 aromatic rings. The summed E-state index contributed by atoms with van der Waals surface area (Å²) in [4.78, 5) is 21.4. The number of carbonyl (C=O) groups is 2. The number of carbonyl (C=O) groups excluding carboxylic acids is 2. The predicted molar refractivity (Wildman–Crippen MR) is 81.7 cm³/mol. The van der Waals surface area contributed by atoms with Gasteiger partial charge in [-0.2, -0.15) is 0 Å². The maximum atomic E-state index is 10.7. The Morgan fingerprint density at radius 1 is 0.800 bits per heavy atom. The number of hydrogen-bond donors (Lipinski definition) is 1. The van der Waals surface area contributed by atoms with Crippen LogP contribution >= 0.6 is 0 Å². The van der Waals surface area contributed by atoms with Crippen LogP contribution in [0.15, 0.2) is 0 Å². The molecule has 0 saturated carbocycles. The highest BCUT2D eigenvalue weighted by atomic mass is 16.5. The van der Waals surface area contributed by atoms with Gasteiger partial charge in [0, 0.05) is 33.1 Å². The van der Waals surface area contributed by atoms with Crippen LogP contribution < -0.4 is 5.32 Å². The van der Waals surface area contributed by atoms with Crippen LogP contribution in [0, 0.1) is 0 Å². The summed E-state index contributed by atoms with van der Waals surface area (Å²) in [5, 5.41) is 2.80. The summed E-state index contributed by atoms with van der Waals surface area (Å²) in [6.07, 6.45) is 9.61. The van der Waals surface area contributed by atoms with E-state index in [-0.39, 0.29) is 11.7 Å². The second-order valence-electron chi connectivity index (χ2n) is 5.38. The van der Waals surface area contributed by atoms with Gasteiger partial charge in [0.05, 0.1) is 0 Å². The summed E-state index contributed by atoms with van der Waals surface area (Å²) in [5.41, 5.74) is 0. The predicted octanol–water partition coefficient (Wildman–Crippen LogP) is 3.24. The number of hydrogen-bond acceptors (Lipinski definition) is 3. The average molecular weight is 285 g/mol. The molecule has 0 aliphatic carbocycles. The molecule has 20 heavy (non-hydrogen) atoms. The van der Waals surface area contributed by atoms with Crippen LogP contribution in [0.4, 0.5) is 0 Å². The van der Waals surface area contributed by atoms with Gasteiger partial charge >= 0.3 is 0 Å². The van der Waals surface area contributed by atoms with Crippen molar-refractivity contribution >= 4 is 11.7 Å². The van der Waals surface area contributed by atoms with E-state index >= 15 is 0 Å². The first-order chi connectivity index (χ1) is 9.63. The Balaban J connectivity index is 2.99. The zero-order valence-corrected chi connectivity index (χ0v) is 13.2. The number of rotatable bonds is 14. The van der Waals surface area contributed by atoms with Crippen LogP contribution in [-0.4, -0.2) is 31.4 Å². The largest absolute Gasteiger partial charge is 0.381 e. The molecule has 118 valence electrons. The quantitative estimate of drug-likeness (QED) is 0.498. The maximum Gasteiger partial charge on any atom is 0.216 e. The number of Topliss-reactive ketones (excluding diaryl/α,β-unsaturated/α-hetero) is 1. The molecule has 1 amide bonds. The van der Waals surface area contributed by atoms with Gasteiger partial charge < -0.3 is 14.8 Å². The normalized spacial score (nSPS) is 10.5. The Labute approximate surface area is 123 Å². The number of ether oxygens (including phenoxy) is 1. The molecule has 4 nitrogen and oxygen atoms in total. The Kier molecular flexibility index (Phi) is 13.9. The Bertz CT molecular complexity index is 228. The molecule has 0 saturated heterocycles. The summed E-state index contributed by atoms with van der Waals surface area (Å²) in [6.45, 7) is 5.66. The number of unbranched alkanes of at least 4 members (excludes halogenated alkanes) is 6. The lowest BCUT2D eigenvalue weighted by atomic mass is 10.1. The zero-order valence-electron chi connectivity index (χ0n) is 13.2. The SMILES string of the molecule is CC(=O)CCCCCOCCCCCCCNC(C)=O. The lowest BCUT2D eigenvalue weighted by Crippen LogP contribution is -2.20. The molecule has 0 radical (unpaired) electrons. The fraction of sp³-hybridized carbons (Fsp3) is 0.875. The first kappa shape index (κ1) is 19.1. The number of amides is 1. The average Bonchev–Trinajstić information content (AvgIpc) is 2.38. The van der Waals surface area contributed by atoms with Crippen LogP contribution in [0.3, 0.4) is 0 Å². The summed E-state index contributed by atoms with van der Waals surface area (Å²) in [6, 6.07) is 0. The van der Waals surface area contributed by atoms with Gasteiger partial charge in [0.25, 0.3) is 0 Å². The van der Waals surface area contributed by atoms with Crippen LogP contribution in [0.2, 0.25) is 0 Å². The van der Waals surface area contributed by atoms with Gasteiger partial charge in [0.2, 0.25) is 5.91 Å². The lowest BCUT2D eigenvalue weighted by molar-refractivity contribution is -0.119. The van der Waals surface area contributed by atoms with Crippen molar-refractivity contribution in [1.29, 1.82) is 0 Å². The van der Waals surface area contributed by atoms with Crippen LogP contribution in [0.25, 0.3) is 0 Å². The second-order valence-corrected chi connectivity index (χ2v) is 5.38. The molecule has 0 spiro atoms. The monoisotopic (exact) mass is 285 g/mol. The minimum Gasteiger partial charge on any atom is -0.381 e. The van der Waals surface area contributed by atoms with Crippen molar-refractivity contribution in [2.24, 2.45) is 0 Å². The minimum atomic E-state index is 0.0571. The molecule has 1 N–H and O–H groups in total. The summed E-state index contributed by atoms with van der Waals surface area (Å²) < 4.78 is 5.56. The Hall–Kier alpha value is -0.900. The fourth-order valence-electron chi connectivity index (χ4n) is 1.98. The molecule has 0 atom stereocenters. The standard InChI is InChI=1S/C16H31NO3/c1-15(18)11-7-6-10-14-20-13-9-5-3-4-8-12-17-16(2)19/h3-14H2,1-2H3,(H,17,19). The summed E-state index contributed by atoms with van der Waals surface area (Å²) in [5.74, 6) is 0.339. The number of ketones is 1. The van der Waals surface area contributed by atoms with Crippen LogP contribution in [0.5, 0.6) is 0 Å². The zero-order chi connectivity index (χ0) is 15.1. The molecule has 0 heterocycles. The van der Waals surface area contributed by atoms with E-state index in [9.17, 15) is 9.59 Å². The molecule has 4 heteroatoms. The molecule has 0 aromatic heterocycles. The summed E-state index contributed by atoms with van der Waals surface area (Å²) in [7, 11) is 0. The topological polar surface area (TPSA) is 55.4 Å². The molecule has 0 unspecified atom stereocenters. The lowest BCUT2D eigenvalue weighted by Gasteiger charge is -2.05. The van der Waals surface area contributed by atoms with Crippen molar-refractivity contribution in [3.63, 3.8) is 0 Å². The molecule has 0 aliphatic rings. The smallest absolute Gasteiger partial charge is 0.216 e. The third kappa shape index (κ3) is 17.1. The van der Waals surface area contributed by atoms with Crippen molar-refractivity contribution < 1.29 is 14.3 Å². The highest BCUT2D eigenvalue weighted by molar-refractivity contribution is 5.75. The van der Waals surface area contributed by atoms with Gasteiger partial charge in [0.15, 0.2) is 0 Å². The molecule has 0 aromatic carbocycles. The van der Waals surface area contributed by atoms with E-state index in [1.165, 1.54) is 19.3 Å². The van der Waals surface area contributed by atoms with Gasteiger partial charge in [-0.25, -0.2) is 0 Å². The minimum absolute atomic E-state index is 0.0571. The highest BCUT2D eigenvalue weighted by Gasteiger charge is 1.95. The van der Waals surface area contributed by atoms with Crippen molar-refractivity contribution in [1.82, 2.24) is 5.32 Å². The van der Waals surface area contributed by atoms with E-state index in [0.717, 1.165) is 51.9 Å². The molecular weight excluding hydrogens is 254 g/mol. The maximum absolute atomic E-state index is 10.7. The molecule has 0 bridgehead atoms. The van der Waals surface area contributed by atoms with Crippen LogP contribution in [-0.2, 0) is 14.3 Å². The first-order valence-corrected chi connectivity index (χ1v) is 7.94. The van der Waals surface area contributed by atoms with Crippen molar-refractivity contribution in [3.8, 4) is 0 Å². The van der Waals surface area contributed by atoms with Crippen LogP contribution in [0.1, 0.15) is 71.6 Å². The van der Waals surface area contributed by atoms with Gasteiger partial charge in [-0.15, -0.1) is 0 Å². The Morgan fingerprint density at radius 3 is 1.95 bits per heavy atom. The van der Waals surface area contributed by atoms with Gasteiger partial charge in [-0.3, -0.25) is 4.79 Å². The van der Waals surface area contributed by atoms with E-state index in [2.05, 4.69) is 5.32 Å².